The van der Waals surface area contributed by atoms with E-state index < -0.39 is 34.4 Å². The molecule has 1 aromatic carbocycles. The standard InChI is InChI=1S/C23H29FN2O5S/c1-15(2)12-25(20-9-10-32(29,30)14-20)22(27)13-31-23(28)21-11-16(3)26(17(21)4)19-7-5-18(24)6-8-19/h5-8,11,15,20H,9-10,12-14H2,1-4H3. The van der Waals surface area contributed by atoms with E-state index in [-0.39, 0.29) is 23.2 Å². The van der Waals surface area contributed by atoms with Gasteiger partial charge < -0.3 is 14.2 Å². The molecule has 0 N–H and O–H groups in total. The molecule has 1 aliphatic rings. The molecule has 0 aliphatic carbocycles. The van der Waals surface area contributed by atoms with E-state index in [1.54, 1.807) is 25.1 Å². The van der Waals surface area contributed by atoms with Gasteiger partial charge >= 0.3 is 5.97 Å². The van der Waals surface area contributed by atoms with Crippen LogP contribution < -0.4 is 0 Å². The Labute approximate surface area is 188 Å². The van der Waals surface area contributed by atoms with Gasteiger partial charge in [-0.3, -0.25) is 4.79 Å². The number of halogens is 1. The van der Waals surface area contributed by atoms with Crippen LogP contribution in [0.15, 0.2) is 30.3 Å². The molecule has 1 saturated heterocycles. The molecule has 1 fully saturated rings. The molecule has 1 atom stereocenters. The van der Waals surface area contributed by atoms with Crippen molar-refractivity contribution in [1.82, 2.24) is 9.47 Å². The molecule has 7 nitrogen and oxygen atoms in total. The van der Waals surface area contributed by atoms with Crippen LogP contribution in [0.5, 0.6) is 0 Å². The summed E-state index contributed by atoms with van der Waals surface area (Å²) in [7, 11) is -3.15. The molecule has 2 aromatic rings. The van der Waals surface area contributed by atoms with Crippen molar-refractivity contribution in [2.75, 3.05) is 24.7 Å². The van der Waals surface area contributed by atoms with E-state index >= 15 is 0 Å². The van der Waals surface area contributed by atoms with Crippen molar-refractivity contribution in [1.29, 1.82) is 0 Å². The van der Waals surface area contributed by atoms with Gasteiger partial charge in [-0.2, -0.15) is 0 Å². The molecule has 2 heterocycles. The fourth-order valence-corrected chi connectivity index (χ4v) is 5.84. The zero-order valence-corrected chi connectivity index (χ0v) is 19.6. The summed E-state index contributed by atoms with van der Waals surface area (Å²) in [5, 5.41) is 0. The number of aromatic nitrogens is 1. The molecular formula is C23H29FN2O5S. The van der Waals surface area contributed by atoms with Gasteiger partial charge in [-0.25, -0.2) is 17.6 Å². The Kier molecular flexibility index (Phi) is 7.07. The van der Waals surface area contributed by atoms with E-state index in [1.807, 2.05) is 25.3 Å². The highest BCUT2D eigenvalue weighted by molar-refractivity contribution is 7.91. The first-order chi connectivity index (χ1) is 15.0. The van der Waals surface area contributed by atoms with Gasteiger partial charge in [0.05, 0.1) is 17.1 Å². The lowest BCUT2D eigenvalue weighted by atomic mass is 10.1. The number of carbonyl (C=O) groups excluding carboxylic acids is 2. The van der Waals surface area contributed by atoms with Gasteiger partial charge in [0.2, 0.25) is 0 Å². The van der Waals surface area contributed by atoms with Crippen molar-refractivity contribution in [2.45, 2.75) is 40.2 Å². The number of aryl methyl sites for hydroxylation is 1. The number of rotatable bonds is 7. The molecule has 1 unspecified atom stereocenters. The number of amides is 1. The van der Waals surface area contributed by atoms with E-state index in [1.165, 1.54) is 17.0 Å². The first-order valence-corrected chi connectivity index (χ1v) is 12.4. The van der Waals surface area contributed by atoms with E-state index in [0.717, 1.165) is 5.69 Å². The van der Waals surface area contributed by atoms with Gasteiger partial charge in [0.1, 0.15) is 5.82 Å². The second-order valence-corrected chi connectivity index (χ2v) is 10.9. The molecule has 1 aromatic heterocycles. The predicted molar refractivity (Wildman–Crippen MR) is 119 cm³/mol. The van der Waals surface area contributed by atoms with Crippen molar-refractivity contribution < 1.29 is 27.1 Å². The Balaban J connectivity index is 1.72. The van der Waals surface area contributed by atoms with Crippen LogP contribution in [0.4, 0.5) is 4.39 Å². The largest absolute Gasteiger partial charge is 0.452 e. The van der Waals surface area contributed by atoms with Gasteiger partial charge in [0.15, 0.2) is 16.4 Å². The van der Waals surface area contributed by atoms with E-state index in [2.05, 4.69) is 0 Å². The van der Waals surface area contributed by atoms with Crippen LogP contribution in [0.1, 0.15) is 42.0 Å². The quantitative estimate of drug-likeness (QED) is 0.588. The summed E-state index contributed by atoms with van der Waals surface area (Å²) in [6.07, 6.45) is 0.396. The first-order valence-electron chi connectivity index (χ1n) is 10.6. The molecule has 1 aliphatic heterocycles. The Bertz CT molecular complexity index is 1110. The Hall–Kier alpha value is -2.68. The second-order valence-electron chi connectivity index (χ2n) is 8.67. The van der Waals surface area contributed by atoms with E-state index in [0.29, 0.717) is 29.9 Å². The highest BCUT2D eigenvalue weighted by Gasteiger charge is 2.35. The monoisotopic (exact) mass is 464 g/mol. The predicted octanol–water partition coefficient (Wildman–Crippen LogP) is 3.06. The maximum Gasteiger partial charge on any atom is 0.340 e. The number of carbonyl (C=O) groups is 2. The summed E-state index contributed by atoms with van der Waals surface area (Å²) in [6.45, 7) is 7.41. The highest BCUT2D eigenvalue weighted by atomic mass is 32.2. The maximum absolute atomic E-state index is 13.3. The lowest BCUT2D eigenvalue weighted by Crippen LogP contribution is -2.45. The molecular weight excluding hydrogens is 435 g/mol. The van der Waals surface area contributed by atoms with Crippen molar-refractivity contribution in [3.05, 3.63) is 53.1 Å². The minimum absolute atomic E-state index is 0.0573. The number of nitrogens with zero attached hydrogens (tertiary/aromatic N) is 2. The van der Waals surface area contributed by atoms with Crippen molar-refractivity contribution in [3.8, 4) is 5.69 Å². The van der Waals surface area contributed by atoms with Crippen LogP contribution in [0.3, 0.4) is 0 Å². The van der Waals surface area contributed by atoms with Gasteiger partial charge in [-0.15, -0.1) is 0 Å². The zero-order chi connectivity index (χ0) is 23.6. The zero-order valence-electron chi connectivity index (χ0n) is 18.8. The number of hydrogen-bond donors (Lipinski definition) is 0. The molecule has 0 bridgehead atoms. The van der Waals surface area contributed by atoms with Gasteiger partial charge in [-0.05, 0) is 56.5 Å². The van der Waals surface area contributed by atoms with E-state index in [4.69, 9.17) is 4.74 Å². The highest BCUT2D eigenvalue weighted by Crippen LogP contribution is 2.23. The van der Waals surface area contributed by atoms with Crippen LogP contribution in [-0.4, -0.2) is 60.5 Å². The van der Waals surface area contributed by atoms with Gasteiger partial charge in [0.25, 0.3) is 5.91 Å². The summed E-state index contributed by atoms with van der Waals surface area (Å²) in [6, 6.07) is 7.20. The molecule has 1 amide bonds. The molecule has 0 radical (unpaired) electrons. The smallest absolute Gasteiger partial charge is 0.340 e. The SMILES string of the molecule is Cc1cc(C(=O)OCC(=O)N(CC(C)C)C2CCS(=O)(=O)C2)c(C)n1-c1ccc(F)cc1. The van der Waals surface area contributed by atoms with Crippen LogP contribution in [-0.2, 0) is 19.4 Å². The van der Waals surface area contributed by atoms with Gasteiger partial charge in [0, 0.05) is 29.7 Å². The minimum Gasteiger partial charge on any atom is -0.452 e. The van der Waals surface area contributed by atoms with Crippen molar-refractivity contribution >= 4 is 21.7 Å². The lowest BCUT2D eigenvalue weighted by Gasteiger charge is -2.29. The number of hydrogen-bond acceptors (Lipinski definition) is 5. The first kappa shape index (κ1) is 24.0. The molecule has 174 valence electrons. The third-order valence-electron chi connectivity index (χ3n) is 5.59. The Morgan fingerprint density at radius 2 is 1.88 bits per heavy atom. The number of benzene rings is 1. The van der Waals surface area contributed by atoms with Crippen molar-refractivity contribution in [2.24, 2.45) is 5.92 Å². The van der Waals surface area contributed by atoms with Crippen LogP contribution >= 0.6 is 0 Å². The van der Waals surface area contributed by atoms with Crippen molar-refractivity contribution in [3.63, 3.8) is 0 Å². The summed E-state index contributed by atoms with van der Waals surface area (Å²) in [4.78, 5) is 27.1. The number of esters is 1. The third-order valence-corrected chi connectivity index (χ3v) is 7.34. The maximum atomic E-state index is 13.3. The number of sulfone groups is 1. The summed E-state index contributed by atoms with van der Waals surface area (Å²) in [5.74, 6) is -1.24. The third kappa shape index (κ3) is 5.38. The second kappa shape index (κ2) is 9.44. The molecule has 0 saturated carbocycles. The van der Waals surface area contributed by atoms with E-state index in [9.17, 15) is 22.4 Å². The summed E-state index contributed by atoms with van der Waals surface area (Å²) >= 11 is 0. The Morgan fingerprint density at radius 3 is 2.44 bits per heavy atom. The van der Waals surface area contributed by atoms with Crippen LogP contribution in [0.2, 0.25) is 0 Å². The van der Waals surface area contributed by atoms with Gasteiger partial charge in [-0.1, -0.05) is 13.8 Å². The lowest BCUT2D eigenvalue weighted by molar-refractivity contribution is -0.137. The average molecular weight is 465 g/mol. The topological polar surface area (TPSA) is 85.7 Å². The number of ether oxygens (including phenoxy) is 1. The molecule has 32 heavy (non-hydrogen) atoms. The molecule has 9 heteroatoms. The fraction of sp³-hybridized carbons (Fsp3) is 0.478. The average Bonchev–Trinajstić information content (AvgIpc) is 3.23. The summed E-state index contributed by atoms with van der Waals surface area (Å²) < 4.78 is 44.1. The normalized spacial score (nSPS) is 17.5. The van der Waals surface area contributed by atoms with Crippen LogP contribution in [0, 0.1) is 25.6 Å². The molecule has 0 spiro atoms. The minimum atomic E-state index is -3.15. The summed E-state index contributed by atoms with van der Waals surface area (Å²) in [5.41, 5.74) is 2.41. The fourth-order valence-electron chi connectivity index (χ4n) is 4.11. The molecule has 3 rings (SSSR count). The van der Waals surface area contributed by atoms with Crippen LogP contribution in [0.25, 0.3) is 5.69 Å². The Morgan fingerprint density at radius 1 is 1.22 bits per heavy atom.